The largest absolute Gasteiger partial charge is 0.419 e. The molecule has 0 fully saturated rings. The molecule has 0 aliphatic rings. The van der Waals surface area contributed by atoms with E-state index in [2.05, 4.69) is 15.5 Å². The van der Waals surface area contributed by atoms with Gasteiger partial charge >= 0.3 is 0 Å². The number of halogens is 1. The predicted octanol–water partition coefficient (Wildman–Crippen LogP) is 4.62. The predicted molar refractivity (Wildman–Crippen MR) is 88.0 cm³/mol. The molecule has 1 aromatic heterocycles. The summed E-state index contributed by atoms with van der Waals surface area (Å²) in [6.07, 6.45) is 0. The highest BCUT2D eigenvalue weighted by Gasteiger charge is 2.08. The lowest BCUT2D eigenvalue weighted by Gasteiger charge is -2.05. The van der Waals surface area contributed by atoms with Gasteiger partial charge in [0, 0.05) is 16.3 Å². The number of anilines is 1. The van der Waals surface area contributed by atoms with Crippen molar-refractivity contribution in [3.05, 3.63) is 64.5 Å². The first-order valence-corrected chi connectivity index (χ1v) is 7.39. The summed E-state index contributed by atoms with van der Waals surface area (Å²) < 4.78 is 5.67. The molecule has 0 bridgehead atoms. The molecule has 112 valence electrons. The number of nitrogens with one attached hydrogen (secondary N) is 1. The van der Waals surface area contributed by atoms with Crippen LogP contribution in [0, 0.1) is 13.8 Å². The molecule has 4 nitrogen and oxygen atoms in total. The van der Waals surface area contributed by atoms with E-state index < -0.39 is 0 Å². The van der Waals surface area contributed by atoms with E-state index in [9.17, 15) is 0 Å². The van der Waals surface area contributed by atoms with Gasteiger partial charge in [-0.25, -0.2) is 0 Å². The fourth-order valence-electron chi connectivity index (χ4n) is 2.02. The zero-order chi connectivity index (χ0) is 15.5. The van der Waals surface area contributed by atoms with E-state index >= 15 is 0 Å². The maximum Gasteiger partial charge on any atom is 0.247 e. The van der Waals surface area contributed by atoms with Crippen LogP contribution in [0.1, 0.15) is 17.0 Å². The SMILES string of the molecule is Cc1ccc(-c2nnc(CNc3ccc(C)c(Cl)c3)o2)cc1. The van der Waals surface area contributed by atoms with Crippen LogP contribution < -0.4 is 5.32 Å². The normalized spacial score (nSPS) is 10.7. The molecule has 0 aliphatic heterocycles. The van der Waals surface area contributed by atoms with Gasteiger partial charge < -0.3 is 9.73 Å². The van der Waals surface area contributed by atoms with Gasteiger partial charge in [-0.3, -0.25) is 0 Å². The Balaban J connectivity index is 1.69. The molecule has 3 aromatic rings. The average Bonchev–Trinajstić information content (AvgIpc) is 2.98. The molecule has 0 spiro atoms. The van der Waals surface area contributed by atoms with E-state index in [1.165, 1.54) is 5.56 Å². The lowest BCUT2D eigenvalue weighted by atomic mass is 10.1. The molecule has 1 N–H and O–H groups in total. The van der Waals surface area contributed by atoms with Crippen molar-refractivity contribution in [3.63, 3.8) is 0 Å². The van der Waals surface area contributed by atoms with E-state index in [-0.39, 0.29) is 0 Å². The Bertz CT molecular complexity index is 781. The summed E-state index contributed by atoms with van der Waals surface area (Å²) in [5, 5.41) is 12.1. The first-order chi connectivity index (χ1) is 10.6. The van der Waals surface area contributed by atoms with Crippen LogP contribution in [0.5, 0.6) is 0 Å². The molecule has 5 heteroatoms. The van der Waals surface area contributed by atoms with Crippen molar-refractivity contribution in [2.24, 2.45) is 0 Å². The molecule has 0 radical (unpaired) electrons. The summed E-state index contributed by atoms with van der Waals surface area (Å²) in [5.74, 6) is 1.06. The van der Waals surface area contributed by atoms with Gasteiger partial charge in [0.1, 0.15) is 0 Å². The number of rotatable bonds is 4. The minimum atomic E-state index is 0.457. The zero-order valence-corrected chi connectivity index (χ0v) is 13.2. The monoisotopic (exact) mass is 313 g/mol. The van der Waals surface area contributed by atoms with E-state index in [1.807, 2.05) is 56.3 Å². The first-order valence-electron chi connectivity index (χ1n) is 7.01. The number of hydrogen-bond donors (Lipinski definition) is 1. The minimum Gasteiger partial charge on any atom is -0.419 e. The summed E-state index contributed by atoms with van der Waals surface area (Å²) in [6, 6.07) is 13.8. The van der Waals surface area contributed by atoms with E-state index in [0.717, 1.165) is 21.8 Å². The van der Waals surface area contributed by atoms with E-state index in [1.54, 1.807) is 0 Å². The van der Waals surface area contributed by atoms with Crippen molar-refractivity contribution < 1.29 is 4.42 Å². The van der Waals surface area contributed by atoms with Crippen LogP contribution in [-0.2, 0) is 6.54 Å². The molecule has 0 unspecified atom stereocenters. The van der Waals surface area contributed by atoms with Crippen LogP contribution in [0.2, 0.25) is 5.02 Å². The second kappa shape index (κ2) is 6.20. The molecule has 1 heterocycles. The summed E-state index contributed by atoms with van der Waals surface area (Å²) >= 11 is 6.10. The quantitative estimate of drug-likeness (QED) is 0.763. The van der Waals surface area contributed by atoms with Gasteiger partial charge in [0.05, 0.1) is 6.54 Å². The lowest BCUT2D eigenvalue weighted by Crippen LogP contribution is -1.99. The van der Waals surface area contributed by atoms with Crippen LogP contribution in [0.25, 0.3) is 11.5 Å². The van der Waals surface area contributed by atoms with Crippen LogP contribution >= 0.6 is 11.6 Å². The Labute approximate surface area is 134 Å². The summed E-state index contributed by atoms with van der Waals surface area (Å²) in [5.41, 5.74) is 4.08. The molecular weight excluding hydrogens is 298 g/mol. The third-order valence-electron chi connectivity index (χ3n) is 3.38. The molecule has 2 aromatic carbocycles. The highest BCUT2D eigenvalue weighted by Crippen LogP contribution is 2.21. The van der Waals surface area contributed by atoms with Gasteiger partial charge in [0.25, 0.3) is 0 Å². The number of benzene rings is 2. The van der Waals surface area contributed by atoms with E-state index in [0.29, 0.717) is 18.3 Å². The van der Waals surface area contributed by atoms with Gasteiger partial charge in [0.15, 0.2) is 0 Å². The minimum absolute atomic E-state index is 0.457. The molecule has 0 saturated heterocycles. The van der Waals surface area contributed by atoms with Crippen molar-refractivity contribution in [1.29, 1.82) is 0 Å². The van der Waals surface area contributed by atoms with Crippen molar-refractivity contribution in [2.45, 2.75) is 20.4 Å². The van der Waals surface area contributed by atoms with Gasteiger partial charge in [0.2, 0.25) is 11.8 Å². The summed E-state index contributed by atoms with van der Waals surface area (Å²) in [6.45, 7) is 4.47. The van der Waals surface area contributed by atoms with E-state index in [4.69, 9.17) is 16.0 Å². The Morgan fingerprint density at radius 1 is 1.05 bits per heavy atom. The standard InChI is InChI=1S/C17H16ClN3O/c1-11-3-6-13(7-4-11)17-21-20-16(22-17)10-19-14-8-5-12(2)15(18)9-14/h3-9,19H,10H2,1-2H3. The van der Waals surface area contributed by atoms with Gasteiger partial charge in [-0.1, -0.05) is 35.4 Å². The smallest absolute Gasteiger partial charge is 0.247 e. The van der Waals surface area contributed by atoms with Gasteiger partial charge in [-0.15, -0.1) is 10.2 Å². The molecule has 0 atom stereocenters. The maximum atomic E-state index is 6.10. The molecule has 0 amide bonds. The van der Waals surface area contributed by atoms with Crippen LogP contribution in [0.15, 0.2) is 46.9 Å². The lowest BCUT2D eigenvalue weighted by molar-refractivity contribution is 0.515. The molecule has 22 heavy (non-hydrogen) atoms. The third-order valence-corrected chi connectivity index (χ3v) is 3.79. The topological polar surface area (TPSA) is 51.0 Å². The highest BCUT2D eigenvalue weighted by molar-refractivity contribution is 6.31. The fourth-order valence-corrected chi connectivity index (χ4v) is 2.20. The van der Waals surface area contributed by atoms with Crippen LogP contribution in [0.4, 0.5) is 5.69 Å². The highest BCUT2D eigenvalue weighted by atomic mass is 35.5. The first kappa shape index (κ1) is 14.6. The van der Waals surface area contributed by atoms with Crippen molar-refractivity contribution in [3.8, 4) is 11.5 Å². The maximum absolute atomic E-state index is 6.10. The van der Waals surface area contributed by atoms with Crippen LogP contribution in [-0.4, -0.2) is 10.2 Å². The van der Waals surface area contributed by atoms with Crippen LogP contribution in [0.3, 0.4) is 0 Å². The third kappa shape index (κ3) is 3.28. The number of aryl methyl sites for hydroxylation is 2. The zero-order valence-electron chi connectivity index (χ0n) is 12.4. The second-order valence-electron chi connectivity index (χ2n) is 5.18. The number of hydrogen-bond acceptors (Lipinski definition) is 4. The Hall–Kier alpha value is -2.33. The summed E-state index contributed by atoms with van der Waals surface area (Å²) in [4.78, 5) is 0. The number of nitrogens with zero attached hydrogens (tertiary/aromatic N) is 2. The van der Waals surface area contributed by atoms with Crippen molar-refractivity contribution in [2.75, 3.05) is 5.32 Å². The Morgan fingerprint density at radius 3 is 2.55 bits per heavy atom. The Kier molecular flexibility index (Phi) is 4.11. The summed E-state index contributed by atoms with van der Waals surface area (Å²) in [7, 11) is 0. The van der Waals surface area contributed by atoms with Gasteiger partial charge in [-0.2, -0.15) is 0 Å². The molecule has 0 saturated carbocycles. The number of aromatic nitrogens is 2. The van der Waals surface area contributed by atoms with Crippen molar-refractivity contribution >= 4 is 17.3 Å². The van der Waals surface area contributed by atoms with Gasteiger partial charge in [-0.05, 0) is 43.7 Å². The second-order valence-corrected chi connectivity index (χ2v) is 5.59. The Morgan fingerprint density at radius 2 is 1.82 bits per heavy atom. The van der Waals surface area contributed by atoms with Crippen molar-refractivity contribution in [1.82, 2.24) is 10.2 Å². The molecule has 3 rings (SSSR count). The average molecular weight is 314 g/mol. The fraction of sp³-hybridized carbons (Fsp3) is 0.176. The molecule has 0 aliphatic carbocycles. The molecular formula is C17H16ClN3O.